The van der Waals surface area contributed by atoms with Crippen molar-refractivity contribution in [3.05, 3.63) is 46.3 Å². The van der Waals surface area contributed by atoms with Crippen molar-refractivity contribution in [2.45, 2.75) is 26.3 Å². The quantitative estimate of drug-likeness (QED) is 0.646. The van der Waals surface area contributed by atoms with Crippen molar-refractivity contribution in [3.63, 3.8) is 0 Å². The molecule has 0 unspecified atom stereocenters. The number of carbonyl (C=O) groups is 2. The minimum atomic E-state index is -0.162. The van der Waals surface area contributed by atoms with Crippen molar-refractivity contribution >= 4 is 51.6 Å². The van der Waals surface area contributed by atoms with E-state index in [1.54, 1.807) is 40.2 Å². The average molecular weight is 434 g/mol. The molecular formula is C20H21Cl2N5O2. The van der Waals surface area contributed by atoms with E-state index in [4.69, 9.17) is 23.2 Å². The molecule has 2 amide bonds. The summed E-state index contributed by atoms with van der Waals surface area (Å²) >= 11 is 12.4. The summed E-state index contributed by atoms with van der Waals surface area (Å²) in [5.41, 5.74) is 1.82. The van der Waals surface area contributed by atoms with Gasteiger partial charge in [-0.25, -0.2) is 0 Å². The van der Waals surface area contributed by atoms with Crippen LogP contribution < -0.4 is 5.32 Å². The van der Waals surface area contributed by atoms with Crippen LogP contribution in [0.15, 0.2) is 30.6 Å². The van der Waals surface area contributed by atoms with Crippen LogP contribution in [0.2, 0.25) is 10.0 Å². The molecule has 1 aromatic carbocycles. The largest absolute Gasteiger partial charge is 0.349 e. The van der Waals surface area contributed by atoms with Crippen LogP contribution in [0.3, 0.4) is 0 Å². The van der Waals surface area contributed by atoms with Gasteiger partial charge in [-0.2, -0.15) is 5.10 Å². The number of H-pyrrole nitrogens is 1. The number of carbonyl (C=O) groups excluding carboxylic acids is 2. The third kappa shape index (κ3) is 3.97. The van der Waals surface area contributed by atoms with E-state index in [1.807, 2.05) is 6.92 Å². The molecule has 2 aromatic heterocycles. The summed E-state index contributed by atoms with van der Waals surface area (Å²) in [7, 11) is 0. The smallest absolute Gasteiger partial charge is 0.271 e. The molecule has 1 fully saturated rings. The van der Waals surface area contributed by atoms with Crippen LogP contribution in [0.25, 0.3) is 10.9 Å². The molecule has 29 heavy (non-hydrogen) atoms. The summed E-state index contributed by atoms with van der Waals surface area (Å²) in [6.07, 6.45) is 4.65. The summed E-state index contributed by atoms with van der Waals surface area (Å²) in [4.78, 5) is 30.3. The van der Waals surface area contributed by atoms with Gasteiger partial charge in [0, 0.05) is 47.7 Å². The minimum absolute atomic E-state index is 0.0361. The first kappa shape index (κ1) is 19.8. The van der Waals surface area contributed by atoms with E-state index in [0.29, 0.717) is 47.4 Å². The van der Waals surface area contributed by atoms with Crippen LogP contribution in [0.4, 0.5) is 5.69 Å². The molecule has 2 N–H and O–H groups in total. The van der Waals surface area contributed by atoms with Gasteiger partial charge in [0.2, 0.25) is 5.91 Å². The number of amides is 2. The maximum absolute atomic E-state index is 12.9. The zero-order valence-corrected chi connectivity index (χ0v) is 17.4. The van der Waals surface area contributed by atoms with E-state index in [1.165, 1.54) is 0 Å². The first-order chi connectivity index (χ1) is 14.0. The number of aryl methyl sites for hydroxylation is 1. The molecular weight excluding hydrogens is 413 g/mol. The summed E-state index contributed by atoms with van der Waals surface area (Å²) in [5, 5.41) is 8.73. The van der Waals surface area contributed by atoms with Crippen molar-refractivity contribution in [2.75, 3.05) is 18.4 Å². The number of hydrogen-bond donors (Lipinski definition) is 2. The molecule has 0 aliphatic carbocycles. The zero-order valence-electron chi connectivity index (χ0n) is 15.9. The Balaban J connectivity index is 1.39. The maximum atomic E-state index is 12.9. The van der Waals surface area contributed by atoms with Gasteiger partial charge in [-0.15, -0.1) is 0 Å². The first-order valence-corrected chi connectivity index (χ1v) is 10.3. The third-order valence-corrected chi connectivity index (χ3v) is 5.92. The molecule has 7 nitrogen and oxygen atoms in total. The van der Waals surface area contributed by atoms with Crippen molar-refractivity contribution in [1.29, 1.82) is 0 Å². The van der Waals surface area contributed by atoms with E-state index in [9.17, 15) is 9.59 Å². The SMILES string of the molecule is CCn1cc(NC(=O)C2CCN(C(=O)c3[nH]c4ccc(Cl)cc4c3Cl)CC2)cn1. The van der Waals surface area contributed by atoms with Crippen LogP contribution in [0.1, 0.15) is 30.3 Å². The lowest BCUT2D eigenvalue weighted by Crippen LogP contribution is -2.41. The second-order valence-electron chi connectivity index (χ2n) is 7.14. The third-order valence-electron chi connectivity index (χ3n) is 5.29. The highest BCUT2D eigenvalue weighted by Gasteiger charge is 2.30. The van der Waals surface area contributed by atoms with Gasteiger partial charge in [-0.3, -0.25) is 14.3 Å². The number of anilines is 1. The number of rotatable bonds is 4. The van der Waals surface area contributed by atoms with Gasteiger partial charge >= 0.3 is 0 Å². The van der Waals surface area contributed by atoms with Gasteiger partial charge in [0.15, 0.2) is 0 Å². The molecule has 3 heterocycles. The van der Waals surface area contributed by atoms with Crippen LogP contribution in [-0.4, -0.2) is 44.6 Å². The zero-order chi connectivity index (χ0) is 20.5. The van der Waals surface area contributed by atoms with Crippen LogP contribution in [0, 0.1) is 5.92 Å². The number of nitrogens with one attached hydrogen (secondary N) is 2. The predicted octanol–water partition coefficient (Wildman–Crippen LogP) is 4.18. The van der Waals surface area contributed by atoms with E-state index >= 15 is 0 Å². The molecule has 0 saturated carbocycles. The average Bonchev–Trinajstić information content (AvgIpc) is 3.32. The van der Waals surface area contributed by atoms with Gasteiger partial charge in [-0.05, 0) is 38.0 Å². The summed E-state index contributed by atoms with van der Waals surface area (Å²) < 4.78 is 1.76. The van der Waals surface area contributed by atoms with Gasteiger partial charge in [0.1, 0.15) is 5.69 Å². The lowest BCUT2D eigenvalue weighted by molar-refractivity contribution is -0.121. The Labute approximate surface area is 178 Å². The Morgan fingerprint density at radius 3 is 2.72 bits per heavy atom. The molecule has 1 aliphatic rings. The normalized spacial score (nSPS) is 15.1. The molecule has 0 bridgehead atoms. The molecule has 0 spiro atoms. The number of likely N-dealkylation sites (tertiary alicyclic amines) is 1. The van der Waals surface area contributed by atoms with Gasteiger partial charge < -0.3 is 15.2 Å². The number of fused-ring (bicyclic) bond motifs is 1. The minimum Gasteiger partial charge on any atom is -0.349 e. The van der Waals surface area contributed by atoms with Gasteiger partial charge in [0.05, 0.1) is 16.9 Å². The second kappa shape index (κ2) is 8.08. The lowest BCUT2D eigenvalue weighted by Gasteiger charge is -2.31. The Morgan fingerprint density at radius 1 is 1.28 bits per heavy atom. The Kier molecular flexibility index (Phi) is 5.52. The van der Waals surface area contributed by atoms with Crippen molar-refractivity contribution in [3.8, 4) is 0 Å². The fourth-order valence-corrected chi connectivity index (χ4v) is 4.08. The monoisotopic (exact) mass is 433 g/mol. The molecule has 0 radical (unpaired) electrons. The molecule has 1 aliphatic heterocycles. The van der Waals surface area contributed by atoms with E-state index in [0.717, 1.165) is 17.4 Å². The number of benzene rings is 1. The Bertz CT molecular complexity index is 1070. The molecule has 0 atom stereocenters. The molecule has 1 saturated heterocycles. The van der Waals surface area contributed by atoms with Gasteiger partial charge in [0.25, 0.3) is 5.91 Å². The Hall–Kier alpha value is -2.51. The fraction of sp³-hybridized carbons (Fsp3) is 0.350. The van der Waals surface area contributed by atoms with Crippen molar-refractivity contribution in [2.24, 2.45) is 5.92 Å². The van der Waals surface area contributed by atoms with Crippen molar-refractivity contribution < 1.29 is 9.59 Å². The number of hydrogen-bond acceptors (Lipinski definition) is 3. The first-order valence-electron chi connectivity index (χ1n) is 9.55. The number of piperidine rings is 1. The highest BCUT2D eigenvalue weighted by Crippen LogP contribution is 2.31. The van der Waals surface area contributed by atoms with E-state index in [2.05, 4.69) is 15.4 Å². The molecule has 3 aromatic rings. The number of halogens is 2. The highest BCUT2D eigenvalue weighted by atomic mass is 35.5. The Morgan fingerprint density at radius 2 is 2.03 bits per heavy atom. The molecule has 152 valence electrons. The molecule has 9 heteroatoms. The number of aromatic amines is 1. The standard InChI is InChI=1S/C20H21Cl2N5O2/c1-2-27-11-14(10-23-27)24-19(28)12-5-7-26(8-6-12)20(29)18-17(22)15-9-13(21)3-4-16(15)25-18/h3-4,9-12,25H,2,5-8H2,1H3,(H,24,28). The number of nitrogens with zero attached hydrogens (tertiary/aromatic N) is 3. The molecule has 4 rings (SSSR count). The summed E-state index contributed by atoms with van der Waals surface area (Å²) in [6.45, 7) is 3.73. The summed E-state index contributed by atoms with van der Waals surface area (Å²) in [5.74, 6) is -0.336. The van der Waals surface area contributed by atoms with Crippen LogP contribution in [0.5, 0.6) is 0 Å². The van der Waals surface area contributed by atoms with Crippen molar-refractivity contribution in [1.82, 2.24) is 19.7 Å². The van der Waals surface area contributed by atoms with E-state index in [-0.39, 0.29) is 17.7 Å². The second-order valence-corrected chi connectivity index (χ2v) is 7.96. The summed E-state index contributed by atoms with van der Waals surface area (Å²) in [6, 6.07) is 5.29. The lowest BCUT2D eigenvalue weighted by atomic mass is 9.95. The van der Waals surface area contributed by atoms with Gasteiger partial charge in [-0.1, -0.05) is 23.2 Å². The maximum Gasteiger partial charge on any atom is 0.271 e. The van der Waals surface area contributed by atoms with Crippen LogP contribution >= 0.6 is 23.2 Å². The van der Waals surface area contributed by atoms with Crippen LogP contribution in [-0.2, 0) is 11.3 Å². The highest BCUT2D eigenvalue weighted by molar-refractivity contribution is 6.39. The number of aromatic nitrogens is 3. The topological polar surface area (TPSA) is 83.0 Å². The predicted molar refractivity (Wildman–Crippen MR) is 113 cm³/mol. The fourth-order valence-electron chi connectivity index (χ4n) is 3.63. The van der Waals surface area contributed by atoms with E-state index < -0.39 is 0 Å².